The number of nitrogens with zero attached hydrogens (tertiary/aromatic N) is 2. The Hall–Kier alpha value is -1.97. The topological polar surface area (TPSA) is 39.1 Å². The zero-order chi connectivity index (χ0) is 12.3. The van der Waals surface area contributed by atoms with Gasteiger partial charge in [-0.05, 0) is 37.3 Å². The van der Waals surface area contributed by atoms with Crippen molar-refractivity contribution in [2.75, 3.05) is 12.4 Å². The summed E-state index contributed by atoms with van der Waals surface area (Å²) in [6, 6.07) is 9.92. The second-order valence-electron chi connectivity index (χ2n) is 3.96. The fraction of sp³-hybridized carbons (Fsp3) is 0.308. The molecule has 1 heterocycles. The van der Waals surface area contributed by atoms with E-state index < -0.39 is 0 Å². The van der Waals surface area contributed by atoms with Gasteiger partial charge in [-0.2, -0.15) is 5.10 Å². The van der Waals surface area contributed by atoms with E-state index in [1.807, 2.05) is 56.0 Å². The molecule has 1 aromatic heterocycles. The summed E-state index contributed by atoms with van der Waals surface area (Å²) in [4.78, 5) is 0. The van der Waals surface area contributed by atoms with E-state index in [-0.39, 0.29) is 0 Å². The Bertz CT molecular complexity index is 488. The number of nitrogens with one attached hydrogen (secondary N) is 1. The number of ether oxygens (including phenoxy) is 1. The van der Waals surface area contributed by atoms with Gasteiger partial charge in [0.1, 0.15) is 12.4 Å². The smallest absolute Gasteiger partial charge is 0.130 e. The molecule has 0 aliphatic carbocycles. The monoisotopic (exact) mass is 231 g/mol. The molecule has 2 rings (SSSR count). The first-order valence-electron chi connectivity index (χ1n) is 5.59. The fourth-order valence-corrected chi connectivity index (χ4v) is 1.67. The van der Waals surface area contributed by atoms with E-state index in [2.05, 4.69) is 10.4 Å². The van der Waals surface area contributed by atoms with E-state index in [1.54, 1.807) is 0 Å². The van der Waals surface area contributed by atoms with Crippen molar-refractivity contribution < 1.29 is 4.74 Å². The molecule has 0 aliphatic heterocycles. The van der Waals surface area contributed by atoms with Crippen molar-refractivity contribution in [1.29, 1.82) is 0 Å². The highest BCUT2D eigenvalue weighted by atomic mass is 16.5. The van der Waals surface area contributed by atoms with Gasteiger partial charge in [0, 0.05) is 19.8 Å². The van der Waals surface area contributed by atoms with Crippen molar-refractivity contribution in [3.8, 4) is 5.75 Å². The number of hydrogen-bond acceptors (Lipinski definition) is 3. The van der Waals surface area contributed by atoms with E-state index >= 15 is 0 Å². The summed E-state index contributed by atoms with van der Waals surface area (Å²) in [6.45, 7) is 2.52. The standard InChI is InChI=1S/C13H17N3O/c1-10-8-12(16(3)15-10)9-17-13-6-4-11(14-2)5-7-13/h4-8,14H,9H2,1-3H3. The number of aryl methyl sites for hydroxylation is 2. The van der Waals surface area contributed by atoms with Gasteiger partial charge in [-0.15, -0.1) is 0 Å². The van der Waals surface area contributed by atoms with Crippen molar-refractivity contribution in [3.05, 3.63) is 41.7 Å². The minimum Gasteiger partial charge on any atom is -0.487 e. The quantitative estimate of drug-likeness (QED) is 0.878. The Morgan fingerprint density at radius 1 is 1.29 bits per heavy atom. The molecule has 90 valence electrons. The lowest BCUT2D eigenvalue weighted by Gasteiger charge is -2.07. The van der Waals surface area contributed by atoms with E-state index in [1.165, 1.54) is 0 Å². The summed E-state index contributed by atoms with van der Waals surface area (Å²) in [5, 5.41) is 7.35. The van der Waals surface area contributed by atoms with E-state index in [0.29, 0.717) is 6.61 Å². The Morgan fingerprint density at radius 3 is 2.53 bits per heavy atom. The molecule has 0 atom stereocenters. The Kier molecular flexibility index (Phi) is 3.32. The predicted molar refractivity (Wildman–Crippen MR) is 68.3 cm³/mol. The molecular formula is C13H17N3O. The maximum Gasteiger partial charge on any atom is 0.130 e. The molecule has 0 aliphatic rings. The summed E-state index contributed by atoms with van der Waals surface area (Å²) in [5.41, 5.74) is 3.16. The molecule has 4 nitrogen and oxygen atoms in total. The summed E-state index contributed by atoms with van der Waals surface area (Å²) in [7, 11) is 3.82. The van der Waals surface area contributed by atoms with Crippen LogP contribution in [0.4, 0.5) is 5.69 Å². The summed E-state index contributed by atoms with van der Waals surface area (Å²) < 4.78 is 7.54. The molecule has 0 amide bonds. The third-order valence-electron chi connectivity index (χ3n) is 2.63. The van der Waals surface area contributed by atoms with Crippen LogP contribution in [0.5, 0.6) is 5.75 Å². The predicted octanol–water partition coefficient (Wildman–Crippen LogP) is 2.35. The maximum absolute atomic E-state index is 5.70. The minimum absolute atomic E-state index is 0.538. The van der Waals surface area contributed by atoms with Crippen LogP contribution in [0.1, 0.15) is 11.4 Å². The van der Waals surface area contributed by atoms with Gasteiger partial charge in [0.05, 0.1) is 11.4 Å². The zero-order valence-electron chi connectivity index (χ0n) is 10.4. The number of hydrogen-bond donors (Lipinski definition) is 1. The van der Waals surface area contributed by atoms with Crippen molar-refractivity contribution in [3.63, 3.8) is 0 Å². The third kappa shape index (κ3) is 2.78. The summed E-state index contributed by atoms with van der Waals surface area (Å²) in [5.74, 6) is 0.864. The van der Waals surface area contributed by atoms with Gasteiger partial charge in [-0.1, -0.05) is 0 Å². The maximum atomic E-state index is 5.70. The van der Waals surface area contributed by atoms with Crippen LogP contribution in [0, 0.1) is 6.92 Å². The lowest BCUT2D eigenvalue weighted by atomic mass is 10.3. The highest BCUT2D eigenvalue weighted by molar-refractivity contribution is 5.45. The van der Waals surface area contributed by atoms with E-state index in [9.17, 15) is 0 Å². The molecule has 0 saturated heterocycles. The molecule has 0 spiro atoms. The molecule has 0 bridgehead atoms. The van der Waals surface area contributed by atoms with Gasteiger partial charge in [0.15, 0.2) is 0 Å². The highest BCUT2D eigenvalue weighted by Gasteiger charge is 2.02. The highest BCUT2D eigenvalue weighted by Crippen LogP contribution is 2.16. The van der Waals surface area contributed by atoms with Gasteiger partial charge in [-0.3, -0.25) is 4.68 Å². The molecule has 0 saturated carbocycles. The van der Waals surface area contributed by atoms with Crippen molar-refractivity contribution in [2.24, 2.45) is 7.05 Å². The molecule has 1 aromatic carbocycles. The van der Waals surface area contributed by atoms with Crippen LogP contribution in [0.2, 0.25) is 0 Å². The van der Waals surface area contributed by atoms with Crippen LogP contribution in [0.25, 0.3) is 0 Å². The van der Waals surface area contributed by atoms with Crippen molar-refractivity contribution in [1.82, 2.24) is 9.78 Å². The number of aromatic nitrogens is 2. The van der Waals surface area contributed by atoms with Crippen LogP contribution in [0.15, 0.2) is 30.3 Å². The van der Waals surface area contributed by atoms with Crippen LogP contribution in [-0.2, 0) is 13.7 Å². The number of anilines is 1. The second-order valence-corrected chi connectivity index (χ2v) is 3.96. The van der Waals surface area contributed by atoms with Gasteiger partial charge in [-0.25, -0.2) is 0 Å². The van der Waals surface area contributed by atoms with Gasteiger partial charge in [0.2, 0.25) is 0 Å². The Labute approximate surface area is 101 Å². The normalized spacial score (nSPS) is 10.3. The molecule has 0 fully saturated rings. The lowest BCUT2D eigenvalue weighted by molar-refractivity contribution is 0.295. The Morgan fingerprint density at radius 2 is 2.00 bits per heavy atom. The average Bonchev–Trinajstić information content (AvgIpc) is 2.66. The van der Waals surface area contributed by atoms with Gasteiger partial charge < -0.3 is 10.1 Å². The zero-order valence-corrected chi connectivity index (χ0v) is 10.4. The SMILES string of the molecule is CNc1ccc(OCc2cc(C)nn2C)cc1. The van der Waals surface area contributed by atoms with Crippen LogP contribution < -0.4 is 10.1 Å². The molecule has 17 heavy (non-hydrogen) atoms. The molecule has 0 unspecified atom stereocenters. The lowest BCUT2D eigenvalue weighted by Crippen LogP contribution is -2.03. The van der Waals surface area contributed by atoms with Crippen LogP contribution in [0.3, 0.4) is 0 Å². The Balaban J connectivity index is 1.99. The number of rotatable bonds is 4. The third-order valence-corrected chi connectivity index (χ3v) is 2.63. The molecule has 1 N–H and O–H groups in total. The molecule has 2 aromatic rings. The van der Waals surface area contributed by atoms with Crippen molar-refractivity contribution in [2.45, 2.75) is 13.5 Å². The average molecular weight is 231 g/mol. The molecule has 4 heteroatoms. The van der Waals surface area contributed by atoms with Gasteiger partial charge >= 0.3 is 0 Å². The first-order chi connectivity index (χ1) is 8.19. The van der Waals surface area contributed by atoms with E-state index in [4.69, 9.17) is 4.74 Å². The number of benzene rings is 1. The van der Waals surface area contributed by atoms with E-state index in [0.717, 1.165) is 22.8 Å². The van der Waals surface area contributed by atoms with Gasteiger partial charge in [0.25, 0.3) is 0 Å². The van der Waals surface area contributed by atoms with Crippen molar-refractivity contribution >= 4 is 5.69 Å². The first-order valence-corrected chi connectivity index (χ1v) is 5.59. The molecule has 0 radical (unpaired) electrons. The fourth-order valence-electron chi connectivity index (χ4n) is 1.67. The second kappa shape index (κ2) is 4.91. The molecular weight excluding hydrogens is 214 g/mol. The first kappa shape index (κ1) is 11.5. The van der Waals surface area contributed by atoms with Crippen LogP contribution in [-0.4, -0.2) is 16.8 Å². The summed E-state index contributed by atoms with van der Waals surface area (Å²) in [6.07, 6.45) is 0. The summed E-state index contributed by atoms with van der Waals surface area (Å²) >= 11 is 0. The van der Waals surface area contributed by atoms with Crippen LogP contribution >= 0.6 is 0 Å². The minimum atomic E-state index is 0.538. The largest absolute Gasteiger partial charge is 0.487 e.